The van der Waals surface area contributed by atoms with Crippen LogP contribution < -0.4 is 11.1 Å². The lowest BCUT2D eigenvalue weighted by atomic mass is 10.0. The third-order valence-electron chi connectivity index (χ3n) is 4.99. The number of rotatable bonds is 6. The molecule has 0 saturated carbocycles. The molecule has 0 fully saturated rings. The van der Waals surface area contributed by atoms with Gasteiger partial charge in [-0.3, -0.25) is 9.36 Å². The van der Waals surface area contributed by atoms with E-state index in [0.29, 0.717) is 29.9 Å². The highest BCUT2D eigenvalue weighted by atomic mass is 35.5. The predicted octanol–water partition coefficient (Wildman–Crippen LogP) is 4.16. The van der Waals surface area contributed by atoms with Crippen LogP contribution in [0.5, 0.6) is 0 Å². The molecule has 0 bridgehead atoms. The number of benzene rings is 2. The Bertz CT molecular complexity index is 1350. The van der Waals surface area contributed by atoms with Gasteiger partial charge < -0.3 is 19.2 Å². The molecular formula is C22H20ClFN4O4. The maximum Gasteiger partial charge on any atom is 0.419 e. The fraction of sp³-hybridized carbons (Fsp3) is 0.227. The van der Waals surface area contributed by atoms with E-state index in [2.05, 4.69) is 10.5 Å². The number of hydrogen-bond acceptors (Lipinski definition) is 6. The number of nitrogens with zero attached hydrogens (tertiary/aromatic N) is 3. The number of amides is 1. The molecule has 0 radical (unpaired) electrons. The van der Waals surface area contributed by atoms with Crippen LogP contribution in [0.15, 0.2) is 50.1 Å². The van der Waals surface area contributed by atoms with E-state index < -0.39 is 17.5 Å². The van der Waals surface area contributed by atoms with Crippen LogP contribution >= 0.6 is 11.6 Å². The summed E-state index contributed by atoms with van der Waals surface area (Å²) >= 11 is 6.15. The molecule has 10 heteroatoms. The highest BCUT2D eigenvalue weighted by molar-refractivity contribution is 6.33. The zero-order chi connectivity index (χ0) is 23.0. The van der Waals surface area contributed by atoms with Crippen LogP contribution in [0, 0.1) is 12.7 Å². The van der Waals surface area contributed by atoms with Crippen molar-refractivity contribution in [2.75, 3.05) is 26.0 Å². The highest BCUT2D eigenvalue weighted by Crippen LogP contribution is 2.34. The first-order valence-electron chi connectivity index (χ1n) is 9.76. The molecule has 166 valence electrons. The van der Waals surface area contributed by atoms with Gasteiger partial charge in [-0.25, -0.2) is 9.18 Å². The van der Waals surface area contributed by atoms with Gasteiger partial charge in [-0.15, -0.1) is 0 Å². The summed E-state index contributed by atoms with van der Waals surface area (Å²) in [6, 6.07) is 9.06. The van der Waals surface area contributed by atoms with Crippen molar-refractivity contribution in [3.63, 3.8) is 0 Å². The molecule has 1 N–H and O–H groups in total. The normalized spacial score (nSPS) is 11.4. The van der Waals surface area contributed by atoms with E-state index in [-0.39, 0.29) is 27.6 Å². The van der Waals surface area contributed by atoms with Gasteiger partial charge in [0.05, 0.1) is 16.1 Å². The summed E-state index contributed by atoms with van der Waals surface area (Å²) in [4.78, 5) is 27.2. The van der Waals surface area contributed by atoms with Crippen molar-refractivity contribution >= 4 is 34.3 Å². The summed E-state index contributed by atoms with van der Waals surface area (Å²) in [6.45, 7) is 2.62. The Morgan fingerprint density at radius 3 is 2.78 bits per heavy atom. The van der Waals surface area contributed by atoms with E-state index in [1.807, 2.05) is 19.0 Å². The van der Waals surface area contributed by atoms with Gasteiger partial charge in [-0.1, -0.05) is 22.8 Å². The molecule has 0 saturated heterocycles. The number of oxazole rings is 1. The van der Waals surface area contributed by atoms with E-state index in [0.717, 1.165) is 0 Å². The Morgan fingerprint density at radius 2 is 2.06 bits per heavy atom. The van der Waals surface area contributed by atoms with Gasteiger partial charge in [0, 0.05) is 18.8 Å². The van der Waals surface area contributed by atoms with E-state index in [9.17, 15) is 14.0 Å². The number of likely N-dealkylation sites (N-methyl/N-ethyl adjacent to an activating group) is 1. The molecule has 0 aliphatic rings. The van der Waals surface area contributed by atoms with Gasteiger partial charge in [0.2, 0.25) is 0 Å². The number of fused-ring (bicyclic) bond motifs is 1. The molecule has 8 nitrogen and oxygen atoms in total. The Kier molecular flexibility index (Phi) is 5.86. The zero-order valence-corrected chi connectivity index (χ0v) is 18.4. The van der Waals surface area contributed by atoms with E-state index >= 15 is 0 Å². The lowest BCUT2D eigenvalue weighted by Gasteiger charge is -2.10. The average molecular weight is 459 g/mol. The van der Waals surface area contributed by atoms with E-state index in [1.165, 1.54) is 22.8 Å². The number of aryl methyl sites for hydroxylation is 1. The minimum atomic E-state index is -0.621. The predicted molar refractivity (Wildman–Crippen MR) is 119 cm³/mol. The Balaban J connectivity index is 1.69. The van der Waals surface area contributed by atoms with Crippen molar-refractivity contribution < 1.29 is 18.1 Å². The van der Waals surface area contributed by atoms with Crippen LogP contribution in [0.1, 0.15) is 16.1 Å². The van der Waals surface area contributed by atoms with Gasteiger partial charge in [0.15, 0.2) is 5.58 Å². The molecule has 0 atom stereocenters. The fourth-order valence-electron chi connectivity index (χ4n) is 3.38. The topological polar surface area (TPSA) is 93.5 Å². The molecule has 1 amide bonds. The number of hydrogen-bond donors (Lipinski definition) is 1. The second-order valence-electron chi connectivity index (χ2n) is 7.52. The Hall–Kier alpha value is -3.43. The minimum Gasteiger partial charge on any atom is -0.408 e. The lowest BCUT2D eigenvalue weighted by molar-refractivity contribution is 0.102. The van der Waals surface area contributed by atoms with Crippen LogP contribution in [0.2, 0.25) is 5.02 Å². The number of carbonyl (C=O) groups is 1. The fourth-order valence-corrected chi connectivity index (χ4v) is 3.63. The van der Waals surface area contributed by atoms with Crippen molar-refractivity contribution in [3.8, 4) is 11.3 Å². The summed E-state index contributed by atoms with van der Waals surface area (Å²) in [5.74, 6) is -1.44. The molecule has 0 unspecified atom stereocenters. The van der Waals surface area contributed by atoms with Crippen LogP contribution in [0.4, 0.5) is 10.1 Å². The third kappa shape index (κ3) is 4.04. The van der Waals surface area contributed by atoms with Crippen LogP contribution in [0.3, 0.4) is 0 Å². The van der Waals surface area contributed by atoms with Crippen molar-refractivity contribution in [1.82, 2.24) is 14.6 Å². The van der Waals surface area contributed by atoms with Gasteiger partial charge in [-0.05, 0) is 51.4 Å². The summed E-state index contributed by atoms with van der Waals surface area (Å²) < 4.78 is 26.4. The first-order valence-corrected chi connectivity index (χ1v) is 10.1. The molecule has 2 aromatic heterocycles. The lowest BCUT2D eigenvalue weighted by Crippen LogP contribution is -2.23. The SMILES string of the molecule is Cc1onc(-c2c(F)cccc2Cl)c1C(=O)Nc1ccc2oc(=O)n(CCN(C)C)c2c1. The van der Waals surface area contributed by atoms with Crippen molar-refractivity contribution in [2.24, 2.45) is 0 Å². The molecule has 0 spiro atoms. The minimum absolute atomic E-state index is 0.00961. The average Bonchev–Trinajstić information content (AvgIpc) is 3.25. The molecule has 2 heterocycles. The number of halogens is 2. The largest absolute Gasteiger partial charge is 0.419 e. The second-order valence-corrected chi connectivity index (χ2v) is 7.93. The monoisotopic (exact) mass is 458 g/mol. The number of anilines is 1. The van der Waals surface area contributed by atoms with Crippen molar-refractivity contribution in [3.05, 3.63) is 69.1 Å². The van der Waals surface area contributed by atoms with Crippen molar-refractivity contribution in [1.29, 1.82) is 0 Å². The number of nitrogens with one attached hydrogen (secondary N) is 1. The molecule has 0 aliphatic heterocycles. The molecule has 2 aromatic carbocycles. The van der Waals surface area contributed by atoms with E-state index in [4.69, 9.17) is 20.5 Å². The summed E-state index contributed by atoms with van der Waals surface area (Å²) in [6.07, 6.45) is 0. The van der Waals surface area contributed by atoms with Crippen LogP contribution in [-0.4, -0.2) is 41.2 Å². The summed E-state index contributed by atoms with van der Waals surface area (Å²) in [5.41, 5.74) is 1.44. The van der Waals surface area contributed by atoms with Gasteiger partial charge >= 0.3 is 5.76 Å². The van der Waals surface area contributed by atoms with E-state index in [1.54, 1.807) is 25.1 Å². The van der Waals surface area contributed by atoms with Gasteiger partial charge in [0.1, 0.15) is 22.8 Å². The molecule has 4 rings (SSSR count). The molecular weight excluding hydrogens is 439 g/mol. The van der Waals surface area contributed by atoms with Gasteiger partial charge in [0.25, 0.3) is 5.91 Å². The van der Waals surface area contributed by atoms with Crippen LogP contribution in [-0.2, 0) is 6.54 Å². The maximum absolute atomic E-state index is 14.4. The molecule has 0 aliphatic carbocycles. The Morgan fingerprint density at radius 1 is 1.28 bits per heavy atom. The van der Waals surface area contributed by atoms with Gasteiger partial charge in [-0.2, -0.15) is 0 Å². The quantitative estimate of drug-likeness (QED) is 0.466. The molecule has 32 heavy (non-hydrogen) atoms. The zero-order valence-electron chi connectivity index (χ0n) is 17.6. The number of carbonyl (C=O) groups excluding carboxylic acids is 1. The first kappa shape index (κ1) is 21.8. The Labute approximate surface area is 187 Å². The molecule has 4 aromatic rings. The smallest absolute Gasteiger partial charge is 0.408 e. The third-order valence-corrected chi connectivity index (χ3v) is 5.30. The maximum atomic E-state index is 14.4. The summed E-state index contributed by atoms with van der Waals surface area (Å²) in [7, 11) is 3.80. The van der Waals surface area contributed by atoms with Crippen molar-refractivity contribution in [2.45, 2.75) is 13.5 Å². The summed E-state index contributed by atoms with van der Waals surface area (Å²) in [5, 5.41) is 6.72. The first-order chi connectivity index (χ1) is 15.3. The number of aromatic nitrogens is 2. The van der Waals surface area contributed by atoms with Crippen LogP contribution in [0.25, 0.3) is 22.4 Å². The standard InChI is InChI=1S/C22H20ClFN4O4/c1-12-18(20(26-32-12)19-14(23)5-4-6-15(19)24)21(29)25-13-7-8-17-16(11-13)28(22(30)31-17)10-9-27(2)3/h4-8,11H,9-10H2,1-3H3,(H,25,29). The highest BCUT2D eigenvalue weighted by Gasteiger charge is 2.25. The second kappa shape index (κ2) is 8.60.